The molecule has 2 heterocycles. The molecule has 110 valence electrons. The Morgan fingerprint density at radius 1 is 1.38 bits per heavy atom. The lowest BCUT2D eigenvalue weighted by atomic mass is 10.2. The summed E-state index contributed by atoms with van der Waals surface area (Å²) in [6, 6.07) is 2.99. The Labute approximate surface area is 121 Å². The van der Waals surface area contributed by atoms with Gasteiger partial charge in [-0.1, -0.05) is 0 Å². The van der Waals surface area contributed by atoms with Crippen LogP contribution < -0.4 is 0 Å². The first-order valence-corrected chi connectivity index (χ1v) is 6.33. The average molecular weight is 289 g/mol. The molecule has 0 aliphatic heterocycles. The second-order valence-corrected chi connectivity index (χ2v) is 4.67. The molecule has 2 aromatic heterocycles. The van der Waals surface area contributed by atoms with Gasteiger partial charge in [-0.2, -0.15) is 5.10 Å². The highest BCUT2D eigenvalue weighted by Crippen LogP contribution is 2.09. The van der Waals surface area contributed by atoms with Gasteiger partial charge in [-0.25, -0.2) is 14.6 Å². The molecule has 0 spiro atoms. The highest BCUT2D eigenvalue weighted by molar-refractivity contribution is 5.95. The predicted octanol–water partition coefficient (Wildman–Crippen LogP) is 0.597. The summed E-state index contributed by atoms with van der Waals surface area (Å²) >= 11 is 0. The molecule has 0 aromatic carbocycles. The van der Waals surface area contributed by atoms with Crippen molar-refractivity contribution in [1.82, 2.24) is 24.6 Å². The highest BCUT2D eigenvalue weighted by atomic mass is 16.4. The maximum Gasteiger partial charge on any atom is 0.323 e. The molecule has 0 radical (unpaired) electrons. The van der Waals surface area contributed by atoms with Crippen molar-refractivity contribution in [2.75, 3.05) is 6.54 Å². The molecule has 0 saturated carbocycles. The molecule has 8 nitrogen and oxygen atoms in total. The Bertz CT molecular complexity index is 622. The van der Waals surface area contributed by atoms with E-state index in [4.69, 9.17) is 5.11 Å². The smallest absolute Gasteiger partial charge is 0.323 e. The van der Waals surface area contributed by atoms with Crippen LogP contribution in [0.3, 0.4) is 0 Å². The second-order valence-electron chi connectivity index (χ2n) is 4.67. The van der Waals surface area contributed by atoms with Gasteiger partial charge in [-0.15, -0.1) is 0 Å². The monoisotopic (exact) mass is 289 g/mol. The van der Waals surface area contributed by atoms with E-state index in [0.29, 0.717) is 11.4 Å². The number of carboxylic acids is 1. The Hall–Kier alpha value is -2.77. The highest BCUT2D eigenvalue weighted by Gasteiger charge is 2.21. The quantitative estimate of drug-likeness (QED) is 0.864. The first-order chi connectivity index (χ1) is 9.99. The number of aromatic nitrogens is 4. The molecule has 0 bridgehead atoms. The van der Waals surface area contributed by atoms with Gasteiger partial charge in [-0.05, 0) is 26.0 Å². The van der Waals surface area contributed by atoms with Crippen LogP contribution in [0.4, 0.5) is 0 Å². The van der Waals surface area contributed by atoms with E-state index in [1.165, 1.54) is 28.4 Å². The van der Waals surface area contributed by atoms with Crippen molar-refractivity contribution in [3.63, 3.8) is 0 Å². The number of carbonyl (C=O) groups is 2. The zero-order chi connectivity index (χ0) is 15.4. The van der Waals surface area contributed by atoms with Crippen LogP contribution in [0.15, 0.2) is 31.0 Å². The summed E-state index contributed by atoms with van der Waals surface area (Å²) in [6.45, 7) is 3.18. The van der Waals surface area contributed by atoms with Gasteiger partial charge in [0.2, 0.25) is 0 Å². The largest absolute Gasteiger partial charge is 0.480 e. The van der Waals surface area contributed by atoms with Crippen molar-refractivity contribution >= 4 is 11.9 Å². The van der Waals surface area contributed by atoms with E-state index in [9.17, 15) is 9.59 Å². The normalized spacial score (nSPS) is 10.6. The van der Waals surface area contributed by atoms with Crippen LogP contribution >= 0.6 is 0 Å². The van der Waals surface area contributed by atoms with Gasteiger partial charge in [0.05, 0.1) is 5.56 Å². The van der Waals surface area contributed by atoms with Crippen LogP contribution in [0.1, 0.15) is 24.2 Å². The molecule has 1 N–H and O–H groups in total. The van der Waals surface area contributed by atoms with Crippen molar-refractivity contribution in [2.24, 2.45) is 0 Å². The molecule has 0 aliphatic carbocycles. The number of hydrogen-bond donors (Lipinski definition) is 1. The number of rotatable bonds is 5. The van der Waals surface area contributed by atoms with Gasteiger partial charge in [0, 0.05) is 12.2 Å². The fourth-order valence-electron chi connectivity index (χ4n) is 1.78. The lowest BCUT2D eigenvalue weighted by molar-refractivity contribution is -0.138. The molecule has 0 fully saturated rings. The molecule has 0 unspecified atom stereocenters. The minimum Gasteiger partial charge on any atom is -0.480 e. The number of amides is 1. The van der Waals surface area contributed by atoms with Gasteiger partial charge < -0.3 is 10.0 Å². The van der Waals surface area contributed by atoms with E-state index in [2.05, 4.69) is 15.1 Å². The van der Waals surface area contributed by atoms with Crippen LogP contribution in [-0.4, -0.2) is 54.2 Å². The fourth-order valence-corrected chi connectivity index (χ4v) is 1.78. The van der Waals surface area contributed by atoms with Crippen molar-refractivity contribution in [3.05, 3.63) is 36.5 Å². The van der Waals surface area contributed by atoms with Crippen LogP contribution in [0, 0.1) is 0 Å². The summed E-state index contributed by atoms with van der Waals surface area (Å²) in [5.41, 5.74) is 0.328. The van der Waals surface area contributed by atoms with E-state index in [0.717, 1.165) is 0 Å². The third-order valence-corrected chi connectivity index (χ3v) is 2.84. The van der Waals surface area contributed by atoms with Crippen LogP contribution in [0.2, 0.25) is 0 Å². The van der Waals surface area contributed by atoms with Gasteiger partial charge >= 0.3 is 5.97 Å². The van der Waals surface area contributed by atoms with Gasteiger partial charge in [0.15, 0.2) is 5.82 Å². The molecular weight excluding hydrogens is 274 g/mol. The van der Waals surface area contributed by atoms with Gasteiger partial charge in [0.25, 0.3) is 5.91 Å². The van der Waals surface area contributed by atoms with E-state index in [1.54, 1.807) is 26.0 Å². The summed E-state index contributed by atoms with van der Waals surface area (Å²) in [5.74, 6) is -0.896. The molecule has 21 heavy (non-hydrogen) atoms. The molecule has 2 rings (SSSR count). The average Bonchev–Trinajstić information content (AvgIpc) is 2.98. The van der Waals surface area contributed by atoms with Crippen molar-refractivity contribution in [3.8, 4) is 5.82 Å². The zero-order valence-electron chi connectivity index (χ0n) is 11.7. The SMILES string of the molecule is CC(C)N(CC(=O)O)C(=O)c1ccc(-n2cncn2)nc1. The molecule has 2 aromatic rings. The predicted molar refractivity (Wildman–Crippen MR) is 73.0 cm³/mol. The zero-order valence-corrected chi connectivity index (χ0v) is 11.7. The number of hydrogen-bond acceptors (Lipinski definition) is 5. The Kier molecular flexibility index (Phi) is 4.27. The number of aliphatic carboxylic acids is 1. The lowest BCUT2D eigenvalue weighted by Gasteiger charge is -2.24. The van der Waals surface area contributed by atoms with Crippen molar-refractivity contribution < 1.29 is 14.7 Å². The molecule has 0 saturated heterocycles. The van der Waals surface area contributed by atoms with E-state index in [1.807, 2.05) is 0 Å². The molecule has 0 aliphatic rings. The van der Waals surface area contributed by atoms with Gasteiger partial charge in [-0.3, -0.25) is 9.59 Å². The van der Waals surface area contributed by atoms with Crippen LogP contribution in [0.25, 0.3) is 5.82 Å². The van der Waals surface area contributed by atoms with Crippen LogP contribution in [-0.2, 0) is 4.79 Å². The topological polar surface area (TPSA) is 101 Å². The summed E-state index contributed by atoms with van der Waals surface area (Å²) in [4.78, 5) is 32.4. The second kappa shape index (κ2) is 6.12. The minimum atomic E-state index is -1.05. The van der Waals surface area contributed by atoms with Gasteiger partial charge in [0.1, 0.15) is 19.2 Å². The summed E-state index contributed by atoms with van der Waals surface area (Å²) < 4.78 is 1.46. The summed E-state index contributed by atoms with van der Waals surface area (Å²) in [5, 5.41) is 12.8. The summed E-state index contributed by atoms with van der Waals surface area (Å²) in [6.07, 6.45) is 4.28. The molecule has 8 heteroatoms. The standard InChI is InChI=1S/C13H15N5O3/c1-9(2)17(6-12(19)20)13(21)10-3-4-11(15-5-10)18-8-14-7-16-18/h3-5,7-9H,6H2,1-2H3,(H,19,20). The first-order valence-electron chi connectivity index (χ1n) is 6.33. The van der Waals surface area contributed by atoms with Crippen molar-refractivity contribution in [1.29, 1.82) is 0 Å². The number of carbonyl (C=O) groups excluding carboxylic acids is 1. The molecule has 1 amide bonds. The van der Waals surface area contributed by atoms with Crippen LogP contribution in [0.5, 0.6) is 0 Å². The third-order valence-electron chi connectivity index (χ3n) is 2.84. The summed E-state index contributed by atoms with van der Waals surface area (Å²) in [7, 11) is 0. The Morgan fingerprint density at radius 2 is 2.14 bits per heavy atom. The minimum absolute atomic E-state index is 0.219. The number of nitrogens with zero attached hydrogens (tertiary/aromatic N) is 5. The lowest BCUT2D eigenvalue weighted by Crippen LogP contribution is -2.40. The Balaban J connectivity index is 2.20. The third kappa shape index (κ3) is 3.41. The van der Waals surface area contributed by atoms with E-state index < -0.39 is 5.97 Å². The molecule has 0 atom stereocenters. The maximum absolute atomic E-state index is 12.3. The van der Waals surface area contributed by atoms with E-state index >= 15 is 0 Å². The number of pyridine rings is 1. The van der Waals surface area contributed by atoms with Crippen molar-refractivity contribution in [2.45, 2.75) is 19.9 Å². The first kappa shape index (κ1) is 14.6. The number of carboxylic acid groups (broad SMARTS) is 1. The van der Waals surface area contributed by atoms with E-state index in [-0.39, 0.29) is 18.5 Å². The molecular formula is C13H15N5O3. The maximum atomic E-state index is 12.3. The fraction of sp³-hybridized carbons (Fsp3) is 0.308. The Morgan fingerprint density at radius 3 is 2.62 bits per heavy atom.